The van der Waals surface area contributed by atoms with Crippen molar-refractivity contribution in [1.29, 1.82) is 0 Å². The topological polar surface area (TPSA) is 67.2 Å². The van der Waals surface area contributed by atoms with Crippen molar-refractivity contribution >= 4 is 81.3 Å². The van der Waals surface area contributed by atoms with Crippen molar-refractivity contribution in [1.82, 2.24) is 15.6 Å². The van der Waals surface area contributed by atoms with Crippen molar-refractivity contribution in [3.8, 4) is 0 Å². The lowest BCUT2D eigenvalue weighted by atomic mass is 10.1. The number of aromatic nitrogens is 2. The van der Waals surface area contributed by atoms with Gasteiger partial charge in [-0.3, -0.25) is 4.79 Å². The molecule has 0 unspecified atom stereocenters. The number of nitrogens with one attached hydrogen (secondary N) is 1. The van der Waals surface area contributed by atoms with E-state index in [1.165, 1.54) is 23.1 Å². The molecular weight excluding hydrogens is 503 g/mol. The smallest absolute Gasteiger partial charge is 0.250 e. The van der Waals surface area contributed by atoms with Crippen LogP contribution >= 0.6 is 69.7 Å². The van der Waals surface area contributed by atoms with Gasteiger partial charge in [-0.2, -0.15) is 5.10 Å². The van der Waals surface area contributed by atoms with Gasteiger partial charge >= 0.3 is 0 Å². The zero-order valence-corrected chi connectivity index (χ0v) is 20.3. The number of hydrogen-bond acceptors (Lipinski definition) is 7. The highest BCUT2D eigenvalue weighted by Crippen LogP contribution is 2.32. The first-order valence-electron chi connectivity index (χ1n) is 8.53. The summed E-state index contributed by atoms with van der Waals surface area (Å²) in [5, 5.41) is 14.1. The van der Waals surface area contributed by atoms with E-state index in [1.807, 2.05) is 24.3 Å². The molecule has 1 N–H and O–H groups in total. The molecule has 3 rings (SSSR count). The number of carbonyl (C=O) groups is 1. The van der Waals surface area contributed by atoms with Gasteiger partial charge in [0.05, 0.1) is 16.5 Å². The molecule has 0 saturated heterocycles. The lowest BCUT2D eigenvalue weighted by molar-refractivity contribution is -0.118. The van der Waals surface area contributed by atoms with E-state index >= 15 is 0 Å². The molecule has 156 valence electrons. The van der Waals surface area contributed by atoms with Crippen molar-refractivity contribution in [2.24, 2.45) is 5.10 Å². The molecule has 0 spiro atoms. The van der Waals surface area contributed by atoms with Crippen LogP contribution in [0.15, 0.2) is 56.2 Å². The van der Waals surface area contributed by atoms with Crippen molar-refractivity contribution < 1.29 is 4.79 Å². The summed E-state index contributed by atoms with van der Waals surface area (Å²) in [5.74, 6) is 0.639. The molecule has 1 heterocycles. The summed E-state index contributed by atoms with van der Waals surface area (Å²) in [6.07, 6.45) is 0. The number of nitrogens with zero attached hydrogens (tertiary/aromatic N) is 3. The Hall–Kier alpha value is -1.29. The Kier molecular flexibility index (Phi) is 8.85. The number of rotatable bonds is 8. The number of hydrazone groups is 1. The zero-order valence-electron chi connectivity index (χ0n) is 15.6. The molecule has 1 amide bonds. The van der Waals surface area contributed by atoms with E-state index in [2.05, 4.69) is 20.7 Å². The van der Waals surface area contributed by atoms with Gasteiger partial charge in [0, 0.05) is 21.4 Å². The predicted molar refractivity (Wildman–Crippen MR) is 128 cm³/mol. The van der Waals surface area contributed by atoms with Crippen molar-refractivity contribution in [3.63, 3.8) is 0 Å². The van der Waals surface area contributed by atoms with Gasteiger partial charge in [-0.15, -0.1) is 10.2 Å². The van der Waals surface area contributed by atoms with Crippen molar-refractivity contribution in [2.45, 2.75) is 21.4 Å². The Balaban J connectivity index is 1.47. The highest BCUT2D eigenvalue weighted by Gasteiger charge is 2.10. The second-order valence-corrected chi connectivity index (χ2v) is 10.5. The number of amides is 1. The summed E-state index contributed by atoms with van der Waals surface area (Å²) in [4.78, 5) is 12.1. The zero-order chi connectivity index (χ0) is 21.5. The third-order valence-corrected chi connectivity index (χ3v) is 7.85. The molecule has 11 heteroatoms. The quantitative estimate of drug-likeness (QED) is 0.212. The molecule has 0 bridgehead atoms. The lowest BCUT2D eigenvalue weighted by Gasteiger charge is -2.05. The Morgan fingerprint density at radius 3 is 2.53 bits per heavy atom. The Morgan fingerprint density at radius 2 is 1.80 bits per heavy atom. The average Bonchev–Trinajstić information content (AvgIpc) is 3.18. The van der Waals surface area contributed by atoms with Crippen LogP contribution in [0, 0.1) is 0 Å². The van der Waals surface area contributed by atoms with Crippen LogP contribution in [0.3, 0.4) is 0 Å². The van der Waals surface area contributed by atoms with E-state index in [0.29, 0.717) is 31.4 Å². The van der Waals surface area contributed by atoms with E-state index in [1.54, 1.807) is 36.9 Å². The highest BCUT2D eigenvalue weighted by atomic mass is 35.5. The third kappa shape index (κ3) is 6.87. The molecule has 3 aromatic rings. The Bertz CT molecular complexity index is 1070. The SMILES string of the molecule is C/C(=N/NC(=O)CSc1nnc(SCc2ccccc2Cl)s1)c1ccc(Cl)cc1Cl. The molecule has 0 atom stereocenters. The second kappa shape index (κ2) is 11.4. The second-order valence-electron chi connectivity index (χ2n) is 5.86. The Morgan fingerprint density at radius 1 is 1.07 bits per heavy atom. The summed E-state index contributed by atoms with van der Waals surface area (Å²) >= 11 is 22.5. The van der Waals surface area contributed by atoms with Gasteiger partial charge in [0.1, 0.15) is 0 Å². The maximum absolute atomic E-state index is 12.1. The van der Waals surface area contributed by atoms with Gasteiger partial charge in [0.2, 0.25) is 0 Å². The van der Waals surface area contributed by atoms with E-state index in [0.717, 1.165) is 14.9 Å². The van der Waals surface area contributed by atoms with Gasteiger partial charge in [-0.25, -0.2) is 5.43 Å². The summed E-state index contributed by atoms with van der Waals surface area (Å²) in [7, 11) is 0. The van der Waals surface area contributed by atoms with Crippen LogP contribution in [-0.4, -0.2) is 27.6 Å². The van der Waals surface area contributed by atoms with Crippen LogP contribution in [0.5, 0.6) is 0 Å². The van der Waals surface area contributed by atoms with Crippen molar-refractivity contribution in [3.05, 3.63) is 68.7 Å². The van der Waals surface area contributed by atoms with Gasteiger partial charge < -0.3 is 0 Å². The van der Waals surface area contributed by atoms with Crippen LogP contribution in [0.25, 0.3) is 0 Å². The molecule has 0 radical (unpaired) electrons. The first kappa shape index (κ1) is 23.4. The van der Waals surface area contributed by atoms with Crippen LogP contribution in [0.2, 0.25) is 15.1 Å². The first-order valence-corrected chi connectivity index (χ1v) is 12.5. The molecule has 30 heavy (non-hydrogen) atoms. The Labute approximate surface area is 201 Å². The lowest BCUT2D eigenvalue weighted by Crippen LogP contribution is -2.21. The number of benzene rings is 2. The molecule has 1 aromatic heterocycles. The predicted octanol–water partition coefficient (Wildman–Crippen LogP) is 6.42. The van der Waals surface area contributed by atoms with Crippen LogP contribution < -0.4 is 5.43 Å². The fraction of sp³-hybridized carbons (Fsp3) is 0.158. The number of thioether (sulfide) groups is 2. The number of carbonyl (C=O) groups excluding carboxylic acids is 1. The number of halogens is 3. The van der Waals surface area contributed by atoms with E-state index in [9.17, 15) is 4.79 Å². The molecule has 0 aliphatic heterocycles. The standard InChI is InChI=1S/C19H15Cl3N4OS3/c1-11(14-7-6-13(20)8-16(14)22)23-24-17(27)10-29-19-26-25-18(30-19)28-9-12-4-2-3-5-15(12)21/h2-8H,9-10H2,1H3,(H,24,27)/b23-11-. The minimum absolute atomic E-state index is 0.176. The largest absolute Gasteiger partial charge is 0.272 e. The van der Waals surface area contributed by atoms with Gasteiger partial charge in [-0.05, 0) is 30.7 Å². The molecule has 0 saturated carbocycles. The molecule has 5 nitrogen and oxygen atoms in total. The highest BCUT2D eigenvalue weighted by molar-refractivity contribution is 8.03. The van der Waals surface area contributed by atoms with Gasteiger partial charge in [0.25, 0.3) is 5.91 Å². The maximum Gasteiger partial charge on any atom is 0.250 e. The maximum atomic E-state index is 12.1. The first-order chi connectivity index (χ1) is 14.4. The molecule has 2 aromatic carbocycles. The number of hydrogen-bond donors (Lipinski definition) is 1. The van der Waals surface area contributed by atoms with Crippen LogP contribution in [0.4, 0.5) is 0 Å². The normalized spacial score (nSPS) is 11.5. The van der Waals surface area contributed by atoms with E-state index < -0.39 is 0 Å². The summed E-state index contributed by atoms with van der Waals surface area (Å²) < 4.78 is 1.54. The summed E-state index contributed by atoms with van der Waals surface area (Å²) in [5.41, 5.74) is 4.86. The average molecular weight is 518 g/mol. The molecule has 0 aliphatic rings. The van der Waals surface area contributed by atoms with Crippen LogP contribution in [0.1, 0.15) is 18.1 Å². The van der Waals surface area contributed by atoms with Crippen molar-refractivity contribution in [2.75, 3.05) is 5.75 Å². The summed E-state index contributed by atoms with van der Waals surface area (Å²) in [6, 6.07) is 12.8. The van der Waals surface area contributed by atoms with E-state index in [4.69, 9.17) is 34.8 Å². The minimum atomic E-state index is -0.245. The molecule has 0 fully saturated rings. The van der Waals surface area contributed by atoms with E-state index in [-0.39, 0.29) is 11.7 Å². The minimum Gasteiger partial charge on any atom is -0.272 e. The monoisotopic (exact) mass is 516 g/mol. The fourth-order valence-electron chi connectivity index (χ4n) is 2.22. The third-order valence-electron chi connectivity index (χ3n) is 3.69. The molecule has 0 aliphatic carbocycles. The molecular formula is C19H15Cl3N4OS3. The summed E-state index contributed by atoms with van der Waals surface area (Å²) in [6.45, 7) is 1.76. The van der Waals surface area contributed by atoms with Gasteiger partial charge in [-0.1, -0.05) is 93.9 Å². The van der Waals surface area contributed by atoms with Gasteiger partial charge in [0.15, 0.2) is 8.68 Å². The fourth-order valence-corrected chi connectivity index (χ4v) is 5.86. The van der Waals surface area contributed by atoms with Crippen LogP contribution in [-0.2, 0) is 10.5 Å².